The number of anilines is 1. The van der Waals surface area contributed by atoms with Crippen LogP contribution in [0.3, 0.4) is 0 Å². The quantitative estimate of drug-likeness (QED) is 0.285. The number of halogens is 4. The molecule has 94 valence electrons. The monoisotopic (exact) mass is 500 g/mol. The number of nitrogens with zero attached hydrogens (tertiary/aromatic N) is 1. The van der Waals surface area contributed by atoms with Crippen molar-refractivity contribution in [2.24, 2.45) is 0 Å². The highest BCUT2D eigenvalue weighted by atomic mass is 127. The van der Waals surface area contributed by atoms with E-state index in [9.17, 15) is 4.79 Å². The molecule has 1 aromatic carbocycles. The SMILES string of the molecule is O=C(Nc1ccc(Cl)c(Cl)c1)N(CI)OCI. The third-order valence-electron chi connectivity index (χ3n) is 1.71. The topological polar surface area (TPSA) is 41.6 Å². The lowest BCUT2D eigenvalue weighted by Gasteiger charge is -2.18. The van der Waals surface area contributed by atoms with Crippen molar-refractivity contribution in [3.05, 3.63) is 28.2 Å². The zero-order chi connectivity index (χ0) is 12.8. The van der Waals surface area contributed by atoms with Crippen molar-refractivity contribution < 1.29 is 9.63 Å². The predicted molar refractivity (Wildman–Crippen MR) is 86.2 cm³/mol. The van der Waals surface area contributed by atoms with E-state index < -0.39 is 0 Å². The maximum atomic E-state index is 11.7. The van der Waals surface area contributed by atoms with Gasteiger partial charge in [0.25, 0.3) is 0 Å². The molecule has 0 radical (unpaired) electrons. The summed E-state index contributed by atoms with van der Waals surface area (Å²) in [5.41, 5.74) is 0.566. The molecule has 0 bridgehead atoms. The maximum absolute atomic E-state index is 11.7. The summed E-state index contributed by atoms with van der Waals surface area (Å²) >= 11 is 15.7. The molecule has 0 aliphatic rings. The first-order valence-electron chi connectivity index (χ1n) is 4.37. The second-order valence-corrected chi connectivity index (χ2v) is 4.91. The minimum absolute atomic E-state index is 0.352. The molecule has 0 saturated carbocycles. The average Bonchev–Trinajstić information content (AvgIpc) is 2.30. The van der Waals surface area contributed by atoms with Crippen molar-refractivity contribution >= 4 is 80.1 Å². The van der Waals surface area contributed by atoms with E-state index >= 15 is 0 Å². The third-order valence-corrected chi connectivity index (χ3v) is 3.35. The largest absolute Gasteiger partial charge is 0.346 e. The summed E-state index contributed by atoms with van der Waals surface area (Å²) in [6.07, 6.45) is 0. The van der Waals surface area contributed by atoms with Crippen LogP contribution in [0.25, 0.3) is 0 Å². The molecular formula is C9H8Cl2I2N2O2. The Morgan fingerprint density at radius 2 is 2.06 bits per heavy atom. The minimum atomic E-state index is -0.352. The van der Waals surface area contributed by atoms with Crippen LogP contribution in [0.2, 0.25) is 10.0 Å². The Balaban J connectivity index is 2.69. The molecule has 0 heterocycles. The number of hydroxylamine groups is 2. The lowest BCUT2D eigenvalue weighted by atomic mass is 10.3. The lowest BCUT2D eigenvalue weighted by molar-refractivity contribution is -0.0672. The van der Waals surface area contributed by atoms with Crippen LogP contribution in [0.5, 0.6) is 0 Å². The number of carbonyl (C=O) groups is 1. The molecule has 17 heavy (non-hydrogen) atoms. The Labute approximate surface area is 136 Å². The number of nitrogens with one attached hydrogen (secondary N) is 1. The molecule has 0 atom stereocenters. The smallest absolute Gasteiger partial charge is 0.306 e. The molecule has 4 nitrogen and oxygen atoms in total. The summed E-state index contributed by atoms with van der Waals surface area (Å²) in [5.74, 6) is 0. The van der Waals surface area contributed by atoms with Gasteiger partial charge in [-0.2, -0.15) is 5.06 Å². The van der Waals surface area contributed by atoms with Gasteiger partial charge in [0.1, 0.15) is 9.17 Å². The molecular weight excluding hydrogens is 493 g/mol. The van der Waals surface area contributed by atoms with Gasteiger partial charge in [0.2, 0.25) is 0 Å². The summed E-state index contributed by atoms with van der Waals surface area (Å²) in [5, 5.41) is 4.71. The number of amides is 2. The van der Waals surface area contributed by atoms with Crippen molar-refractivity contribution in [3.63, 3.8) is 0 Å². The molecule has 1 N–H and O–H groups in total. The molecule has 2 amide bonds. The van der Waals surface area contributed by atoms with E-state index in [1.165, 1.54) is 5.06 Å². The van der Waals surface area contributed by atoms with Gasteiger partial charge in [0.15, 0.2) is 0 Å². The Morgan fingerprint density at radius 1 is 1.35 bits per heavy atom. The Kier molecular flexibility index (Phi) is 7.15. The van der Waals surface area contributed by atoms with Crippen LogP contribution < -0.4 is 5.32 Å². The van der Waals surface area contributed by atoms with Gasteiger partial charge in [-0.05, 0) is 18.2 Å². The molecule has 1 rings (SSSR count). The highest BCUT2D eigenvalue weighted by molar-refractivity contribution is 14.1. The van der Waals surface area contributed by atoms with Crippen molar-refractivity contribution in [2.45, 2.75) is 0 Å². The van der Waals surface area contributed by atoms with E-state index in [-0.39, 0.29) is 6.03 Å². The number of benzene rings is 1. The maximum Gasteiger partial charge on any atom is 0.346 e. The van der Waals surface area contributed by atoms with Crippen LogP contribution in [-0.4, -0.2) is 20.3 Å². The number of hydrogen-bond acceptors (Lipinski definition) is 2. The van der Waals surface area contributed by atoms with Gasteiger partial charge < -0.3 is 5.32 Å². The summed E-state index contributed by atoms with van der Waals surface area (Å²) in [6.45, 7) is 0. The molecule has 0 aliphatic heterocycles. The van der Waals surface area contributed by atoms with Crippen molar-refractivity contribution in [1.82, 2.24) is 5.06 Å². The molecule has 0 aliphatic carbocycles. The van der Waals surface area contributed by atoms with Gasteiger partial charge in [-0.1, -0.05) is 68.4 Å². The van der Waals surface area contributed by atoms with Gasteiger partial charge in [-0.15, -0.1) is 0 Å². The van der Waals surface area contributed by atoms with Gasteiger partial charge in [-0.3, -0.25) is 4.84 Å². The number of carbonyl (C=O) groups excluding carboxylic acids is 1. The van der Waals surface area contributed by atoms with E-state index in [0.29, 0.717) is 24.9 Å². The second-order valence-electron chi connectivity index (χ2n) is 2.80. The first-order chi connectivity index (χ1) is 8.08. The van der Waals surface area contributed by atoms with Crippen molar-refractivity contribution in [1.29, 1.82) is 0 Å². The number of rotatable bonds is 4. The van der Waals surface area contributed by atoms with Crippen molar-refractivity contribution in [3.8, 4) is 0 Å². The molecule has 0 fully saturated rings. The van der Waals surface area contributed by atoms with Crippen LogP contribution in [0, 0.1) is 0 Å². The molecule has 0 saturated heterocycles. The summed E-state index contributed by atoms with van der Waals surface area (Å²) in [4.78, 5) is 16.9. The Bertz CT molecular complexity index is 407. The zero-order valence-corrected chi connectivity index (χ0v) is 14.2. The van der Waals surface area contributed by atoms with E-state index in [1.807, 2.05) is 45.2 Å². The number of alkyl halides is 2. The first kappa shape index (κ1) is 15.5. The minimum Gasteiger partial charge on any atom is -0.306 e. The summed E-state index contributed by atoms with van der Waals surface area (Å²) in [7, 11) is 0. The van der Waals surface area contributed by atoms with Gasteiger partial charge >= 0.3 is 6.03 Å². The van der Waals surface area contributed by atoms with E-state index in [1.54, 1.807) is 18.2 Å². The number of urea groups is 1. The fourth-order valence-electron chi connectivity index (χ4n) is 0.966. The normalized spacial score (nSPS) is 10.1. The van der Waals surface area contributed by atoms with E-state index in [4.69, 9.17) is 28.0 Å². The molecule has 0 aromatic heterocycles. The van der Waals surface area contributed by atoms with Crippen LogP contribution in [0.1, 0.15) is 0 Å². The van der Waals surface area contributed by atoms with Crippen LogP contribution in [0.15, 0.2) is 18.2 Å². The van der Waals surface area contributed by atoms with Crippen molar-refractivity contribution in [2.75, 3.05) is 14.5 Å². The highest BCUT2D eigenvalue weighted by Gasteiger charge is 2.13. The lowest BCUT2D eigenvalue weighted by Crippen LogP contribution is -2.33. The summed E-state index contributed by atoms with van der Waals surface area (Å²) < 4.78 is 0.823. The highest BCUT2D eigenvalue weighted by Crippen LogP contribution is 2.25. The fraction of sp³-hybridized carbons (Fsp3) is 0.222. The van der Waals surface area contributed by atoms with Gasteiger partial charge in [-0.25, -0.2) is 4.79 Å². The molecule has 1 aromatic rings. The van der Waals surface area contributed by atoms with Gasteiger partial charge in [0, 0.05) is 5.69 Å². The van der Waals surface area contributed by atoms with E-state index in [2.05, 4.69) is 5.32 Å². The second kappa shape index (κ2) is 7.82. The average molecular weight is 501 g/mol. The predicted octanol–water partition coefficient (Wildman–Crippen LogP) is 4.54. The molecule has 8 heteroatoms. The zero-order valence-electron chi connectivity index (χ0n) is 8.42. The first-order valence-corrected chi connectivity index (χ1v) is 8.17. The Hall–Kier alpha value is 0.490. The van der Waals surface area contributed by atoms with Crippen LogP contribution >= 0.6 is 68.4 Å². The fourth-order valence-corrected chi connectivity index (χ4v) is 2.11. The third kappa shape index (κ3) is 4.93. The van der Waals surface area contributed by atoms with Crippen LogP contribution in [0.4, 0.5) is 10.5 Å². The van der Waals surface area contributed by atoms with Gasteiger partial charge in [0.05, 0.1) is 10.0 Å². The van der Waals surface area contributed by atoms with E-state index in [0.717, 1.165) is 0 Å². The Morgan fingerprint density at radius 3 is 2.59 bits per heavy atom. The molecule has 0 unspecified atom stereocenters. The number of hydrogen-bond donors (Lipinski definition) is 1. The molecule has 0 spiro atoms. The van der Waals surface area contributed by atoms with Crippen LogP contribution in [-0.2, 0) is 4.84 Å². The standard InChI is InChI=1S/C9H8Cl2I2N2O2/c10-7-2-1-6(3-8(7)11)14-9(16)15(4-12)17-5-13/h1-3H,4-5H2,(H,14,16). The summed E-state index contributed by atoms with van der Waals surface area (Å²) in [6, 6.07) is 4.51.